The molecule has 1 fully saturated rings. The molecule has 0 spiro atoms. The van der Waals surface area contributed by atoms with Crippen molar-refractivity contribution >= 4 is 17.4 Å². The lowest BCUT2D eigenvalue weighted by molar-refractivity contribution is 0.0118. The van der Waals surface area contributed by atoms with Gasteiger partial charge in [0.2, 0.25) is 0 Å². The largest absolute Gasteiger partial charge is 0.389 e. The van der Waals surface area contributed by atoms with Gasteiger partial charge in [-0.15, -0.1) is 11.3 Å². The van der Waals surface area contributed by atoms with Gasteiger partial charge in [-0.2, -0.15) is 0 Å². The van der Waals surface area contributed by atoms with Crippen LogP contribution in [0.1, 0.15) is 32.6 Å². The molecule has 0 bridgehead atoms. The van der Waals surface area contributed by atoms with Crippen LogP contribution >= 0.6 is 11.3 Å². The van der Waals surface area contributed by atoms with Gasteiger partial charge in [-0.05, 0) is 39.1 Å². The van der Waals surface area contributed by atoms with Gasteiger partial charge in [0.1, 0.15) is 0 Å². The van der Waals surface area contributed by atoms with Gasteiger partial charge in [-0.3, -0.25) is 4.90 Å². The van der Waals surface area contributed by atoms with Crippen molar-refractivity contribution in [2.45, 2.75) is 51.8 Å². The number of carbonyl (C=O) groups is 1. The second-order valence-electron chi connectivity index (χ2n) is 7.22. The van der Waals surface area contributed by atoms with E-state index in [1.54, 1.807) is 11.3 Å². The minimum Gasteiger partial charge on any atom is -0.389 e. The second-order valence-corrected chi connectivity index (χ2v) is 8.26. The van der Waals surface area contributed by atoms with E-state index in [1.165, 1.54) is 4.88 Å². The molecule has 2 amide bonds. The van der Waals surface area contributed by atoms with Crippen LogP contribution in [0.2, 0.25) is 0 Å². The smallest absolute Gasteiger partial charge is 0.317 e. The molecule has 1 aliphatic heterocycles. The first-order chi connectivity index (χ1) is 10.7. The lowest BCUT2D eigenvalue weighted by Gasteiger charge is -2.41. The highest BCUT2D eigenvalue weighted by Gasteiger charge is 2.30. The molecule has 1 aromatic heterocycles. The number of amides is 2. The quantitative estimate of drug-likeness (QED) is 0.864. The minimum absolute atomic E-state index is 0.0180. The molecule has 1 saturated heterocycles. The molecular weight excluding hydrogens is 310 g/mol. The van der Waals surface area contributed by atoms with Crippen LogP contribution < -0.4 is 5.32 Å². The van der Waals surface area contributed by atoms with Gasteiger partial charge in [-0.25, -0.2) is 4.79 Å². The van der Waals surface area contributed by atoms with Gasteiger partial charge < -0.3 is 15.3 Å². The van der Waals surface area contributed by atoms with E-state index < -0.39 is 5.60 Å². The van der Waals surface area contributed by atoms with Crippen LogP contribution in [0.15, 0.2) is 17.5 Å². The van der Waals surface area contributed by atoms with Crippen LogP contribution in [0.5, 0.6) is 0 Å². The van der Waals surface area contributed by atoms with Crippen molar-refractivity contribution in [1.29, 1.82) is 0 Å². The van der Waals surface area contributed by atoms with Crippen LogP contribution in [0.25, 0.3) is 0 Å². The van der Waals surface area contributed by atoms with Gasteiger partial charge >= 0.3 is 6.03 Å². The number of β-amino-alcohol motifs (C(OH)–C–C–N with tert-alkyl or cyclic N) is 1. The Kier molecular flexibility index (Phi) is 6.06. The molecule has 2 atom stereocenters. The average molecular weight is 340 g/mol. The number of hydrogen-bond acceptors (Lipinski definition) is 4. The fourth-order valence-corrected chi connectivity index (χ4v) is 3.94. The summed E-state index contributed by atoms with van der Waals surface area (Å²) in [4.78, 5) is 17.9. The number of nitrogens with one attached hydrogen (secondary N) is 1. The standard InChI is InChI=1S/C17H29N3O2S/c1-13(10-15-6-5-9-23-15)18-16(21)20-8-7-19(11-14(20)2)12-17(3,4)22/h5-6,9,13-14,22H,7-8,10-12H2,1-4H3,(H,18,21)/t13-,14+/m0/s1. The van der Waals surface area contributed by atoms with E-state index in [0.29, 0.717) is 13.1 Å². The third-order valence-corrected chi connectivity index (χ3v) is 4.94. The lowest BCUT2D eigenvalue weighted by Crippen LogP contribution is -2.59. The molecule has 130 valence electrons. The molecule has 1 aliphatic rings. The maximum atomic E-state index is 12.5. The van der Waals surface area contributed by atoms with Crippen molar-refractivity contribution in [3.8, 4) is 0 Å². The zero-order chi connectivity index (χ0) is 17.0. The summed E-state index contributed by atoms with van der Waals surface area (Å²) in [6.45, 7) is 10.7. The van der Waals surface area contributed by atoms with Crippen molar-refractivity contribution in [3.05, 3.63) is 22.4 Å². The first-order valence-electron chi connectivity index (χ1n) is 8.29. The minimum atomic E-state index is -0.695. The maximum Gasteiger partial charge on any atom is 0.317 e. The van der Waals surface area contributed by atoms with Crippen molar-refractivity contribution < 1.29 is 9.90 Å². The SMILES string of the molecule is C[C@@H]1CN(CC(C)(C)O)CCN1C(=O)N[C@@H](C)Cc1cccs1. The maximum absolute atomic E-state index is 12.5. The van der Waals surface area contributed by atoms with E-state index in [1.807, 2.05) is 31.7 Å². The molecule has 0 aromatic carbocycles. The van der Waals surface area contributed by atoms with E-state index >= 15 is 0 Å². The topological polar surface area (TPSA) is 55.8 Å². The van der Waals surface area contributed by atoms with Crippen LogP contribution in [-0.4, -0.2) is 64.8 Å². The first kappa shape index (κ1) is 18.2. The Morgan fingerprint density at radius 3 is 2.83 bits per heavy atom. The first-order valence-corrected chi connectivity index (χ1v) is 9.17. The van der Waals surface area contributed by atoms with Crippen LogP contribution in [-0.2, 0) is 6.42 Å². The number of carbonyl (C=O) groups excluding carboxylic acids is 1. The fourth-order valence-electron chi connectivity index (χ4n) is 3.10. The summed E-state index contributed by atoms with van der Waals surface area (Å²) in [7, 11) is 0. The summed E-state index contributed by atoms with van der Waals surface area (Å²) >= 11 is 1.72. The third-order valence-electron chi connectivity index (χ3n) is 4.04. The highest BCUT2D eigenvalue weighted by atomic mass is 32.1. The number of nitrogens with zero attached hydrogens (tertiary/aromatic N) is 2. The summed E-state index contributed by atoms with van der Waals surface area (Å²) in [6, 6.07) is 4.44. The van der Waals surface area contributed by atoms with Crippen molar-refractivity contribution in [1.82, 2.24) is 15.1 Å². The van der Waals surface area contributed by atoms with Crippen LogP contribution in [0, 0.1) is 0 Å². The van der Waals surface area contributed by atoms with Gasteiger partial charge in [0, 0.05) is 49.6 Å². The molecule has 0 radical (unpaired) electrons. The van der Waals surface area contributed by atoms with Crippen LogP contribution in [0.4, 0.5) is 4.79 Å². The molecular formula is C17H29N3O2S. The predicted octanol–water partition coefficient (Wildman–Crippen LogP) is 2.17. The second kappa shape index (κ2) is 7.64. The van der Waals surface area contributed by atoms with Gasteiger partial charge in [0.25, 0.3) is 0 Å². The molecule has 23 heavy (non-hydrogen) atoms. The molecule has 0 saturated carbocycles. The van der Waals surface area contributed by atoms with Crippen molar-refractivity contribution in [3.63, 3.8) is 0 Å². The molecule has 1 aromatic rings. The number of urea groups is 1. The summed E-state index contributed by atoms with van der Waals surface area (Å²) in [6.07, 6.45) is 0.871. The zero-order valence-corrected chi connectivity index (χ0v) is 15.4. The number of piperazine rings is 1. The summed E-state index contributed by atoms with van der Waals surface area (Å²) in [5.74, 6) is 0. The van der Waals surface area contributed by atoms with Gasteiger partial charge in [-0.1, -0.05) is 6.07 Å². The number of rotatable bonds is 5. The summed E-state index contributed by atoms with van der Waals surface area (Å²) in [5.41, 5.74) is -0.695. The molecule has 2 N–H and O–H groups in total. The van der Waals surface area contributed by atoms with Gasteiger partial charge in [0.05, 0.1) is 5.60 Å². The molecule has 2 heterocycles. The highest BCUT2D eigenvalue weighted by Crippen LogP contribution is 2.15. The lowest BCUT2D eigenvalue weighted by atomic mass is 10.1. The normalized spacial score (nSPS) is 21.3. The van der Waals surface area contributed by atoms with E-state index in [4.69, 9.17) is 0 Å². The molecule has 2 rings (SSSR count). The fraction of sp³-hybridized carbons (Fsp3) is 0.706. The molecule has 0 unspecified atom stereocenters. The average Bonchev–Trinajstić information content (AvgIpc) is 2.89. The zero-order valence-electron chi connectivity index (χ0n) is 14.6. The Labute approximate surface area is 143 Å². The highest BCUT2D eigenvalue weighted by molar-refractivity contribution is 7.09. The Bertz CT molecular complexity index is 498. The van der Waals surface area contributed by atoms with E-state index in [-0.39, 0.29) is 18.1 Å². The monoisotopic (exact) mass is 339 g/mol. The Morgan fingerprint density at radius 2 is 2.26 bits per heavy atom. The van der Waals surface area contributed by atoms with E-state index in [0.717, 1.165) is 19.5 Å². The predicted molar refractivity (Wildman–Crippen MR) is 94.9 cm³/mol. The Balaban J connectivity index is 1.81. The number of hydrogen-bond donors (Lipinski definition) is 2. The Hall–Kier alpha value is -1.11. The van der Waals surface area contributed by atoms with Crippen molar-refractivity contribution in [2.75, 3.05) is 26.2 Å². The number of thiophene rings is 1. The summed E-state index contributed by atoms with van der Waals surface area (Å²) in [5, 5.41) is 15.1. The third kappa shape index (κ3) is 5.79. The van der Waals surface area contributed by atoms with E-state index in [2.05, 4.69) is 28.6 Å². The Morgan fingerprint density at radius 1 is 1.52 bits per heavy atom. The number of aliphatic hydroxyl groups is 1. The van der Waals surface area contributed by atoms with Crippen molar-refractivity contribution in [2.24, 2.45) is 0 Å². The summed E-state index contributed by atoms with van der Waals surface area (Å²) < 4.78 is 0. The van der Waals surface area contributed by atoms with Gasteiger partial charge in [0.15, 0.2) is 0 Å². The molecule has 6 heteroatoms. The van der Waals surface area contributed by atoms with E-state index in [9.17, 15) is 9.90 Å². The molecule has 5 nitrogen and oxygen atoms in total. The van der Waals surface area contributed by atoms with Crippen LogP contribution in [0.3, 0.4) is 0 Å². The molecule has 0 aliphatic carbocycles.